The third-order valence-electron chi connectivity index (χ3n) is 8.90. The number of Topliss-reactive ketones (excluding diaryl/α,β-unsaturated/α-hetero) is 1. The van der Waals surface area contributed by atoms with Crippen LogP contribution in [0.5, 0.6) is 0 Å². The van der Waals surface area contributed by atoms with Gasteiger partial charge >= 0.3 is 5.97 Å². The van der Waals surface area contributed by atoms with Gasteiger partial charge in [-0.25, -0.2) is 0 Å². The topological polar surface area (TPSA) is 43.4 Å². The van der Waals surface area contributed by atoms with Crippen LogP contribution in [0.1, 0.15) is 77.6 Å². The Morgan fingerprint density at radius 2 is 1.62 bits per heavy atom. The van der Waals surface area contributed by atoms with E-state index in [1.165, 1.54) is 52.1 Å². The van der Waals surface area contributed by atoms with Gasteiger partial charge in [-0.2, -0.15) is 0 Å². The molecular weight excluding hydrogens is 324 g/mol. The molecular formula is C23H36O3. The van der Waals surface area contributed by atoms with Crippen molar-refractivity contribution in [3.8, 4) is 0 Å². The molecule has 0 bridgehead atoms. The summed E-state index contributed by atoms with van der Waals surface area (Å²) >= 11 is 0. The first-order valence-corrected chi connectivity index (χ1v) is 11.2. The number of carbonyl (C=O) groups is 2. The lowest BCUT2D eigenvalue weighted by Gasteiger charge is -2.52. The summed E-state index contributed by atoms with van der Waals surface area (Å²) in [5.41, 5.74) is 0. The van der Waals surface area contributed by atoms with Crippen LogP contribution < -0.4 is 0 Å². The quantitative estimate of drug-likeness (QED) is 0.661. The largest absolute Gasteiger partial charge is 0.469 e. The maximum Gasteiger partial charge on any atom is 0.305 e. The molecule has 4 aliphatic carbocycles. The second-order valence-corrected chi connectivity index (χ2v) is 9.85. The van der Waals surface area contributed by atoms with E-state index in [0.29, 0.717) is 24.0 Å². The number of hydrogen-bond acceptors (Lipinski definition) is 3. The Kier molecular flexibility index (Phi) is 5.43. The summed E-state index contributed by atoms with van der Waals surface area (Å²) in [6.45, 7) is 2.37. The van der Waals surface area contributed by atoms with Crippen LogP contribution in [0.4, 0.5) is 0 Å². The van der Waals surface area contributed by atoms with Crippen molar-refractivity contribution < 1.29 is 14.3 Å². The third-order valence-corrected chi connectivity index (χ3v) is 8.90. The second kappa shape index (κ2) is 7.64. The molecule has 0 amide bonds. The zero-order chi connectivity index (χ0) is 18.3. The molecule has 26 heavy (non-hydrogen) atoms. The molecule has 0 aromatic rings. The third kappa shape index (κ3) is 3.36. The summed E-state index contributed by atoms with van der Waals surface area (Å²) in [6.07, 6.45) is 12.8. The zero-order valence-corrected chi connectivity index (χ0v) is 16.6. The Balaban J connectivity index is 1.39. The van der Waals surface area contributed by atoms with E-state index in [1.807, 2.05) is 0 Å². The van der Waals surface area contributed by atoms with E-state index in [9.17, 15) is 9.59 Å². The predicted octanol–water partition coefficient (Wildman–Crippen LogP) is 5.02. The van der Waals surface area contributed by atoms with Gasteiger partial charge in [0.1, 0.15) is 5.78 Å². The maximum atomic E-state index is 11.9. The van der Waals surface area contributed by atoms with Crippen LogP contribution in [0.25, 0.3) is 0 Å². The predicted molar refractivity (Wildman–Crippen MR) is 101 cm³/mol. The molecule has 0 heterocycles. The van der Waals surface area contributed by atoms with Crippen LogP contribution in [0, 0.1) is 47.3 Å². The molecule has 4 saturated carbocycles. The average Bonchev–Trinajstić information content (AvgIpc) is 3.09. The highest BCUT2D eigenvalue weighted by atomic mass is 16.5. The number of esters is 1. The highest BCUT2D eigenvalue weighted by molar-refractivity contribution is 5.79. The van der Waals surface area contributed by atoms with Crippen molar-refractivity contribution >= 4 is 11.8 Å². The summed E-state index contributed by atoms with van der Waals surface area (Å²) in [6, 6.07) is 0. The summed E-state index contributed by atoms with van der Waals surface area (Å²) < 4.78 is 4.84. The summed E-state index contributed by atoms with van der Waals surface area (Å²) in [5.74, 6) is 7.16. The number of carbonyl (C=O) groups excluding carboxylic acids is 2. The standard InChI is InChI=1S/C23H36O3/c1-14(3-12-23(25)26-2)17-8-9-22-19(17)10-11-20-18-7-5-16(24)13-15(18)4-6-21(20)22/h14-15,17-22H,3-13H2,1-2H3. The molecule has 0 aliphatic heterocycles. The highest BCUT2D eigenvalue weighted by Gasteiger charge is 2.52. The van der Waals surface area contributed by atoms with E-state index in [-0.39, 0.29) is 5.97 Å². The van der Waals surface area contributed by atoms with E-state index >= 15 is 0 Å². The van der Waals surface area contributed by atoms with Crippen LogP contribution in [0.15, 0.2) is 0 Å². The lowest BCUT2D eigenvalue weighted by atomic mass is 9.53. The number of fused-ring (bicyclic) bond motifs is 5. The van der Waals surface area contributed by atoms with Crippen molar-refractivity contribution in [2.24, 2.45) is 47.3 Å². The smallest absolute Gasteiger partial charge is 0.305 e. The lowest BCUT2D eigenvalue weighted by Crippen LogP contribution is -2.45. The highest BCUT2D eigenvalue weighted by Crippen LogP contribution is 2.60. The van der Waals surface area contributed by atoms with Gasteiger partial charge in [0.25, 0.3) is 0 Å². The van der Waals surface area contributed by atoms with E-state index in [4.69, 9.17) is 4.74 Å². The van der Waals surface area contributed by atoms with Gasteiger partial charge in [0, 0.05) is 19.3 Å². The van der Waals surface area contributed by atoms with Crippen molar-refractivity contribution in [1.29, 1.82) is 0 Å². The van der Waals surface area contributed by atoms with Crippen LogP contribution in [-0.2, 0) is 14.3 Å². The monoisotopic (exact) mass is 360 g/mol. The molecule has 8 unspecified atom stereocenters. The van der Waals surface area contributed by atoms with Gasteiger partial charge in [-0.05, 0) is 98.7 Å². The first-order valence-electron chi connectivity index (χ1n) is 11.2. The minimum atomic E-state index is -0.0553. The van der Waals surface area contributed by atoms with Gasteiger partial charge in [0.15, 0.2) is 0 Å². The van der Waals surface area contributed by atoms with Gasteiger partial charge < -0.3 is 4.74 Å². The van der Waals surface area contributed by atoms with Crippen molar-refractivity contribution in [3.05, 3.63) is 0 Å². The molecule has 0 radical (unpaired) electrons. The van der Waals surface area contributed by atoms with E-state index in [2.05, 4.69) is 6.92 Å². The van der Waals surface area contributed by atoms with Gasteiger partial charge in [-0.15, -0.1) is 0 Å². The van der Waals surface area contributed by atoms with E-state index in [0.717, 1.165) is 54.8 Å². The van der Waals surface area contributed by atoms with Crippen molar-refractivity contribution in [1.82, 2.24) is 0 Å². The molecule has 146 valence electrons. The lowest BCUT2D eigenvalue weighted by molar-refractivity contribution is -0.141. The van der Waals surface area contributed by atoms with Crippen LogP contribution in [0.3, 0.4) is 0 Å². The number of methoxy groups -OCH3 is 1. The summed E-state index contributed by atoms with van der Waals surface area (Å²) in [7, 11) is 1.50. The molecule has 4 aliphatic rings. The number of ketones is 1. The summed E-state index contributed by atoms with van der Waals surface area (Å²) in [5, 5.41) is 0. The van der Waals surface area contributed by atoms with Gasteiger partial charge in [-0.3, -0.25) is 9.59 Å². The Morgan fingerprint density at radius 3 is 2.42 bits per heavy atom. The molecule has 0 saturated heterocycles. The maximum absolute atomic E-state index is 11.9. The van der Waals surface area contributed by atoms with Crippen molar-refractivity contribution in [3.63, 3.8) is 0 Å². The molecule has 0 N–H and O–H groups in total. The van der Waals surface area contributed by atoms with E-state index < -0.39 is 0 Å². The average molecular weight is 361 g/mol. The Hall–Kier alpha value is -0.860. The van der Waals surface area contributed by atoms with Crippen LogP contribution in [-0.4, -0.2) is 18.9 Å². The molecule has 0 spiro atoms. The molecule has 4 fully saturated rings. The fourth-order valence-corrected chi connectivity index (χ4v) is 7.73. The molecule has 0 aromatic heterocycles. The van der Waals surface area contributed by atoms with Crippen LogP contribution in [0.2, 0.25) is 0 Å². The van der Waals surface area contributed by atoms with Gasteiger partial charge in [-0.1, -0.05) is 6.92 Å². The normalized spacial score (nSPS) is 43.2. The SMILES string of the molecule is COC(=O)CCC(C)C1CCC2C1CCC1C3CCC(=O)CC3CCC12. The Morgan fingerprint density at radius 1 is 0.962 bits per heavy atom. The van der Waals surface area contributed by atoms with Crippen molar-refractivity contribution in [2.45, 2.75) is 77.6 Å². The number of ether oxygens (including phenoxy) is 1. The van der Waals surface area contributed by atoms with Gasteiger partial charge in [0.2, 0.25) is 0 Å². The van der Waals surface area contributed by atoms with E-state index in [1.54, 1.807) is 0 Å². The molecule has 3 nitrogen and oxygen atoms in total. The molecule has 4 rings (SSSR count). The fraction of sp³-hybridized carbons (Fsp3) is 0.913. The molecule has 0 aromatic carbocycles. The Labute approximate surface area is 158 Å². The second-order valence-electron chi connectivity index (χ2n) is 9.85. The van der Waals surface area contributed by atoms with Crippen molar-refractivity contribution in [2.75, 3.05) is 7.11 Å². The first kappa shape index (κ1) is 18.5. The number of rotatable bonds is 4. The van der Waals surface area contributed by atoms with Gasteiger partial charge in [0.05, 0.1) is 7.11 Å². The fourth-order valence-electron chi connectivity index (χ4n) is 7.73. The molecule has 8 atom stereocenters. The minimum Gasteiger partial charge on any atom is -0.469 e. The Bertz CT molecular complexity index is 542. The zero-order valence-electron chi connectivity index (χ0n) is 16.6. The summed E-state index contributed by atoms with van der Waals surface area (Å²) in [4.78, 5) is 23.4. The minimum absolute atomic E-state index is 0.0553. The molecule has 3 heteroatoms. The first-order chi connectivity index (χ1) is 12.6. The van der Waals surface area contributed by atoms with Crippen LogP contribution >= 0.6 is 0 Å². The number of hydrogen-bond donors (Lipinski definition) is 0.